The fourth-order valence-corrected chi connectivity index (χ4v) is 2.29. The van der Waals surface area contributed by atoms with E-state index in [9.17, 15) is 4.79 Å². The molecule has 1 amide bonds. The molecule has 92 valence electrons. The molecule has 5 nitrogen and oxygen atoms in total. The predicted molar refractivity (Wildman–Crippen MR) is 66.2 cm³/mol. The van der Waals surface area contributed by atoms with E-state index in [4.69, 9.17) is 11.6 Å². The number of anilines is 1. The number of aryl methyl sites for hydroxylation is 1. The number of hydrogen-bond donors (Lipinski definition) is 1. The van der Waals surface area contributed by atoms with Gasteiger partial charge in [0.25, 0.3) is 0 Å². The Morgan fingerprint density at radius 1 is 1.65 bits per heavy atom. The van der Waals surface area contributed by atoms with E-state index in [0.29, 0.717) is 0 Å². The molecule has 1 aromatic heterocycles. The molecule has 0 saturated carbocycles. The van der Waals surface area contributed by atoms with Crippen molar-refractivity contribution in [3.8, 4) is 0 Å². The number of aromatic nitrogens is 2. The van der Waals surface area contributed by atoms with Gasteiger partial charge in [0.15, 0.2) is 0 Å². The summed E-state index contributed by atoms with van der Waals surface area (Å²) in [6.45, 7) is 2.75. The van der Waals surface area contributed by atoms with E-state index < -0.39 is 0 Å². The van der Waals surface area contributed by atoms with E-state index in [1.54, 1.807) is 13.2 Å². The summed E-state index contributed by atoms with van der Waals surface area (Å²) < 4.78 is 0. The van der Waals surface area contributed by atoms with Gasteiger partial charge in [-0.2, -0.15) is 0 Å². The maximum absolute atomic E-state index is 11.8. The molecule has 1 fully saturated rings. The summed E-state index contributed by atoms with van der Waals surface area (Å²) in [7, 11) is 1.65. The molecule has 2 heterocycles. The predicted octanol–water partition coefficient (Wildman–Crippen LogP) is 1.15. The number of likely N-dealkylation sites (N-methyl/N-ethyl adjacent to an activating group) is 1. The van der Waals surface area contributed by atoms with E-state index in [0.717, 1.165) is 30.8 Å². The second-order valence-corrected chi connectivity index (χ2v) is 4.45. The molecular weight excluding hydrogens is 240 g/mol. The van der Waals surface area contributed by atoms with Crippen LogP contribution in [0.1, 0.15) is 18.4 Å². The maximum atomic E-state index is 11.8. The fourth-order valence-electron chi connectivity index (χ4n) is 2.16. The first-order valence-corrected chi connectivity index (χ1v) is 5.98. The highest BCUT2D eigenvalue weighted by atomic mass is 35.5. The van der Waals surface area contributed by atoms with Gasteiger partial charge < -0.3 is 10.2 Å². The highest BCUT2D eigenvalue weighted by Gasteiger charge is 2.31. The first-order chi connectivity index (χ1) is 8.13. The van der Waals surface area contributed by atoms with Gasteiger partial charge in [0.1, 0.15) is 11.9 Å². The third-order valence-corrected chi connectivity index (χ3v) is 3.17. The lowest BCUT2D eigenvalue weighted by molar-refractivity contribution is -0.121. The van der Waals surface area contributed by atoms with Gasteiger partial charge in [0.2, 0.25) is 11.2 Å². The van der Waals surface area contributed by atoms with E-state index in [1.165, 1.54) is 0 Å². The topological polar surface area (TPSA) is 58.1 Å². The number of carbonyl (C=O) groups excluding carboxylic acids is 1. The van der Waals surface area contributed by atoms with Gasteiger partial charge in [-0.15, -0.1) is 0 Å². The van der Waals surface area contributed by atoms with Crippen LogP contribution >= 0.6 is 11.6 Å². The van der Waals surface area contributed by atoms with Crippen LogP contribution in [0.25, 0.3) is 0 Å². The summed E-state index contributed by atoms with van der Waals surface area (Å²) in [6.07, 6.45) is 3.52. The molecule has 0 bridgehead atoms. The zero-order valence-corrected chi connectivity index (χ0v) is 10.7. The quantitative estimate of drug-likeness (QED) is 0.805. The Bertz CT molecular complexity index is 437. The monoisotopic (exact) mass is 254 g/mol. The molecule has 1 unspecified atom stereocenters. The number of nitrogens with one attached hydrogen (secondary N) is 1. The third-order valence-electron chi connectivity index (χ3n) is 2.99. The number of halogens is 1. The SMILES string of the molecule is CNC(=O)C1CCCN1c1nc(Cl)ncc1C. The van der Waals surface area contributed by atoms with Crippen molar-refractivity contribution in [2.75, 3.05) is 18.5 Å². The molecule has 1 saturated heterocycles. The molecule has 0 radical (unpaired) electrons. The van der Waals surface area contributed by atoms with E-state index in [-0.39, 0.29) is 17.2 Å². The van der Waals surface area contributed by atoms with Crippen molar-refractivity contribution in [3.63, 3.8) is 0 Å². The molecule has 1 aliphatic rings. The summed E-state index contributed by atoms with van der Waals surface area (Å²) in [5, 5.41) is 2.90. The Morgan fingerprint density at radius 2 is 2.41 bits per heavy atom. The zero-order valence-electron chi connectivity index (χ0n) is 9.90. The molecule has 1 aromatic rings. The van der Waals surface area contributed by atoms with Crippen molar-refractivity contribution < 1.29 is 4.79 Å². The van der Waals surface area contributed by atoms with Gasteiger partial charge in [-0.25, -0.2) is 9.97 Å². The van der Waals surface area contributed by atoms with Crippen molar-refractivity contribution in [1.82, 2.24) is 15.3 Å². The fraction of sp³-hybridized carbons (Fsp3) is 0.545. The lowest BCUT2D eigenvalue weighted by Gasteiger charge is -2.25. The average molecular weight is 255 g/mol. The van der Waals surface area contributed by atoms with Crippen LogP contribution in [-0.2, 0) is 4.79 Å². The number of rotatable bonds is 2. The largest absolute Gasteiger partial charge is 0.357 e. The van der Waals surface area contributed by atoms with Crippen LogP contribution in [0, 0.1) is 6.92 Å². The molecular formula is C11H15ClN4O. The highest BCUT2D eigenvalue weighted by Crippen LogP contribution is 2.27. The normalized spacial score (nSPS) is 19.5. The number of amides is 1. The molecule has 0 spiro atoms. The van der Waals surface area contributed by atoms with Gasteiger partial charge >= 0.3 is 0 Å². The minimum absolute atomic E-state index is 0.0247. The summed E-state index contributed by atoms with van der Waals surface area (Å²) in [5.74, 6) is 0.785. The number of carbonyl (C=O) groups is 1. The van der Waals surface area contributed by atoms with Gasteiger partial charge in [0, 0.05) is 25.4 Å². The Labute approximate surface area is 105 Å². The first-order valence-electron chi connectivity index (χ1n) is 5.61. The van der Waals surface area contributed by atoms with Crippen LogP contribution in [0.15, 0.2) is 6.20 Å². The molecule has 6 heteroatoms. The van der Waals surface area contributed by atoms with Gasteiger partial charge in [0.05, 0.1) is 0 Å². The number of nitrogens with zero attached hydrogens (tertiary/aromatic N) is 3. The summed E-state index contributed by atoms with van der Waals surface area (Å²) >= 11 is 5.81. The summed E-state index contributed by atoms with van der Waals surface area (Å²) in [6, 6.07) is -0.148. The van der Waals surface area contributed by atoms with Crippen LogP contribution in [0.4, 0.5) is 5.82 Å². The molecule has 1 N–H and O–H groups in total. The van der Waals surface area contributed by atoms with Crippen LogP contribution in [0.2, 0.25) is 5.28 Å². The van der Waals surface area contributed by atoms with Gasteiger partial charge in [-0.3, -0.25) is 4.79 Å². The van der Waals surface area contributed by atoms with Gasteiger partial charge in [-0.05, 0) is 31.4 Å². The second-order valence-electron chi connectivity index (χ2n) is 4.11. The van der Waals surface area contributed by atoms with E-state index >= 15 is 0 Å². The zero-order chi connectivity index (χ0) is 12.4. The molecule has 0 aromatic carbocycles. The van der Waals surface area contributed by atoms with Crippen molar-refractivity contribution >= 4 is 23.3 Å². The van der Waals surface area contributed by atoms with Crippen LogP contribution in [0.5, 0.6) is 0 Å². The third kappa shape index (κ3) is 2.34. The minimum Gasteiger partial charge on any atom is -0.357 e. The summed E-state index contributed by atoms with van der Waals surface area (Å²) in [4.78, 5) is 21.9. The average Bonchev–Trinajstić information content (AvgIpc) is 2.80. The smallest absolute Gasteiger partial charge is 0.242 e. The van der Waals surface area contributed by atoms with Crippen molar-refractivity contribution in [3.05, 3.63) is 17.0 Å². The number of hydrogen-bond acceptors (Lipinski definition) is 4. The molecule has 2 rings (SSSR count). The van der Waals surface area contributed by atoms with Crippen molar-refractivity contribution in [2.24, 2.45) is 0 Å². The second kappa shape index (κ2) is 4.87. The lowest BCUT2D eigenvalue weighted by atomic mass is 10.2. The Morgan fingerprint density at radius 3 is 3.12 bits per heavy atom. The molecule has 1 atom stereocenters. The van der Waals surface area contributed by atoms with Crippen LogP contribution in [-0.4, -0.2) is 35.5 Å². The lowest BCUT2D eigenvalue weighted by Crippen LogP contribution is -2.42. The minimum atomic E-state index is -0.148. The Balaban J connectivity index is 2.32. The Hall–Kier alpha value is -1.36. The molecule has 1 aliphatic heterocycles. The van der Waals surface area contributed by atoms with Crippen LogP contribution < -0.4 is 10.2 Å². The molecule has 0 aliphatic carbocycles. The van der Waals surface area contributed by atoms with Crippen molar-refractivity contribution in [2.45, 2.75) is 25.8 Å². The molecule has 17 heavy (non-hydrogen) atoms. The maximum Gasteiger partial charge on any atom is 0.242 e. The Kier molecular flexibility index (Phi) is 3.47. The highest BCUT2D eigenvalue weighted by molar-refractivity contribution is 6.28. The van der Waals surface area contributed by atoms with Crippen molar-refractivity contribution in [1.29, 1.82) is 0 Å². The van der Waals surface area contributed by atoms with Crippen LogP contribution in [0.3, 0.4) is 0 Å². The van der Waals surface area contributed by atoms with E-state index in [1.807, 2.05) is 11.8 Å². The first kappa shape index (κ1) is 12.1. The van der Waals surface area contributed by atoms with E-state index in [2.05, 4.69) is 15.3 Å². The summed E-state index contributed by atoms with van der Waals surface area (Å²) in [5.41, 5.74) is 0.935. The van der Waals surface area contributed by atoms with Gasteiger partial charge in [-0.1, -0.05) is 0 Å². The standard InChI is InChI=1S/C11H15ClN4O/c1-7-6-14-11(12)15-9(7)16-5-3-4-8(16)10(17)13-2/h6,8H,3-5H2,1-2H3,(H,13,17).